The molecule has 1 saturated heterocycles. The number of thiazole rings is 1. The molecule has 3 N–H and O–H groups in total. The van der Waals surface area contributed by atoms with Gasteiger partial charge in [-0.1, -0.05) is 41.5 Å². The first-order chi connectivity index (χ1) is 16.7. The second-order valence-corrected chi connectivity index (χ2v) is 10.2. The lowest BCUT2D eigenvalue weighted by molar-refractivity contribution is 0.0702. The number of halogens is 2. The summed E-state index contributed by atoms with van der Waals surface area (Å²) in [5.74, 6) is -0.767. The van der Waals surface area contributed by atoms with Crippen LogP contribution in [-0.4, -0.2) is 69.4 Å². The summed E-state index contributed by atoms with van der Waals surface area (Å²) in [5, 5.41) is 14.0. The van der Waals surface area contributed by atoms with Crippen molar-refractivity contribution in [2.24, 2.45) is 5.92 Å². The molecule has 188 valence electrons. The molecule has 1 amide bonds. The van der Waals surface area contributed by atoms with Crippen molar-refractivity contribution in [2.75, 3.05) is 31.7 Å². The van der Waals surface area contributed by atoms with Crippen LogP contribution in [0.25, 0.3) is 11.5 Å². The van der Waals surface area contributed by atoms with Gasteiger partial charge in [0.1, 0.15) is 16.3 Å². The lowest BCUT2D eigenvalue weighted by Crippen LogP contribution is -2.50. The van der Waals surface area contributed by atoms with Crippen molar-refractivity contribution in [1.29, 1.82) is 0 Å². The zero-order valence-electron chi connectivity index (χ0n) is 19.5. The number of aryl methyl sites for hydroxylation is 1. The highest BCUT2D eigenvalue weighted by Crippen LogP contribution is 2.35. The van der Waals surface area contributed by atoms with Crippen molar-refractivity contribution < 1.29 is 19.4 Å². The monoisotopic (exact) mass is 540 g/mol. The highest BCUT2D eigenvalue weighted by Gasteiger charge is 2.32. The van der Waals surface area contributed by atoms with Crippen molar-refractivity contribution in [3.05, 3.63) is 38.7 Å². The highest BCUT2D eigenvalue weighted by molar-refractivity contribution is 7.17. The van der Waals surface area contributed by atoms with Crippen LogP contribution >= 0.6 is 34.5 Å². The Morgan fingerprint density at radius 3 is 2.77 bits per heavy atom. The average molecular weight is 541 g/mol. The smallest absolute Gasteiger partial charge is 0.348 e. The molecule has 3 aromatic heterocycles. The normalized spacial score (nSPS) is 18.1. The van der Waals surface area contributed by atoms with Crippen molar-refractivity contribution in [3.63, 3.8) is 0 Å². The molecular weight excluding hydrogens is 515 g/mol. The molecule has 2 unspecified atom stereocenters. The van der Waals surface area contributed by atoms with Crippen LogP contribution in [0.3, 0.4) is 0 Å². The molecule has 13 heteroatoms. The van der Waals surface area contributed by atoms with Gasteiger partial charge in [0.2, 0.25) is 0 Å². The Morgan fingerprint density at radius 2 is 2.14 bits per heavy atom. The fourth-order valence-corrected chi connectivity index (χ4v) is 5.49. The minimum atomic E-state index is -1.04. The molecule has 0 bridgehead atoms. The summed E-state index contributed by atoms with van der Waals surface area (Å²) in [4.78, 5) is 38.9. The first-order valence-corrected chi connectivity index (χ1v) is 12.6. The second-order valence-electron chi connectivity index (χ2n) is 8.46. The lowest BCUT2D eigenvalue weighted by atomic mass is 9.94. The SMILES string of the molecule is COCCn1ccnc1-c1nc(N2CCC(NC(=O)c3[nH]c(C)c(Cl)c3Cl)C(C)C2)sc1C(=O)O. The fraction of sp³-hybridized carbons (Fsp3) is 0.455. The number of carbonyl (C=O) groups excluding carboxylic acids is 1. The van der Waals surface area contributed by atoms with E-state index >= 15 is 0 Å². The average Bonchev–Trinajstić information content (AvgIpc) is 3.53. The summed E-state index contributed by atoms with van der Waals surface area (Å²) in [6, 6.07) is -0.0801. The van der Waals surface area contributed by atoms with Crippen molar-refractivity contribution in [1.82, 2.24) is 24.8 Å². The molecule has 4 rings (SSSR count). The van der Waals surface area contributed by atoms with Gasteiger partial charge in [-0.25, -0.2) is 14.8 Å². The molecule has 0 saturated carbocycles. The van der Waals surface area contributed by atoms with E-state index in [4.69, 9.17) is 27.9 Å². The van der Waals surface area contributed by atoms with E-state index in [-0.39, 0.29) is 33.5 Å². The number of rotatable bonds is 8. The number of H-pyrrole nitrogens is 1. The summed E-state index contributed by atoms with van der Waals surface area (Å²) in [7, 11) is 1.61. The van der Waals surface area contributed by atoms with Crippen LogP contribution in [-0.2, 0) is 11.3 Å². The number of nitrogens with zero attached hydrogens (tertiary/aromatic N) is 4. The Bertz CT molecular complexity index is 1240. The number of nitrogens with one attached hydrogen (secondary N) is 2. The molecule has 0 spiro atoms. The number of imidazole rings is 1. The van der Waals surface area contributed by atoms with E-state index in [0.717, 1.165) is 11.3 Å². The van der Waals surface area contributed by atoms with Gasteiger partial charge in [0.15, 0.2) is 11.0 Å². The van der Waals surface area contributed by atoms with Gasteiger partial charge in [-0.3, -0.25) is 4.79 Å². The first kappa shape index (κ1) is 25.5. The zero-order chi connectivity index (χ0) is 25.3. The van der Waals surface area contributed by atoms with Gasteiger partial charge >= 0.3 is 5.97 Å². The summed E-state index contributed by atoms with van der Waals surface area (Å²) >= 11 is 13.4. The van der Waals surface area contributed by atoms with Gasteiger partial charge in [-0.15, -0.1) is 0 Å². The molecule has 3 aromatic rings. The highest BCUT2D eigenvalue weighted by atomic mass is 35.5. The van der Waals surface area contributed by atoms with Crippen LogP contribution < -0.4 is 10.2 Å². The van der Waals surface area contributed by atoms with Gasteiger partial charge in [0.25, 0.3) is 5.91 Å². The van der Waals surface area contributed by atoms with Crippen molar-refractivity contribution >= 4 is 51.5 Å². The van der Waals surface area contributed by atoms with E-state index in [2.05, 4.69) is 25.2 Å². The number of aromatic nitrogens is 4. The molecule has 0 aliphatic carbocycles. The van der Waals surface area contributed by atoms with E-state index in [1.54, 1.807) is 26.4 Å². The van der Waals surface area contributed by atoms with E-state index < -0.39 is 5.97 Å². The summed E-state index contributed by atoms with van der Waals surface area (Å²) in [6.45, 7) is 6.01. The zero-order valence-corrected chi connectivity index (χ0v) is 21.8. The molecule has 1 aliphatic heterocycles. The van der Waals surface area contributed by atoms with Crippen LogP contribution in [0.2, 0.25) is 10.0 Å². The summed E-state index contributed by atoms with van der Waals surface area (Å²) in [5.41, 5.74) is 1.24. The van der Waals surface area contributed by atoms with Crippen LogP contribution in [0.15, 0.2) is 12.4 Å². The molecule has 1 fully saturated rings. The van der Waals surface area contributed by atoms with Crippen LogP contribution in [0.1, 0.15) is 39.2 Å². The number of piperidine rings is 1. The van der Waals surface area contributed by atoms with Crippen molar-refractivity contribution in [2.45, 2.75) is 32.9 Å². The predicted octanol–water partition coefficient (Wildman–Crippen LogP) is 3.94. The number of hydrogen-bond acceptors (Lipinski definition) is 7. The van der Waals surface area contributed by atoms with E-state index in [9.17, 15) is 14.7 Å². The van der Waals surface area contributed by atoms with Gasteiger partial charge in [-0.05, 0) is 19.3 Å². The van der Waals surface area contributed by atoms with Crippen LogP contribution in [0.4, 0.5) is 5.13 Å². The number of ether oxygens (including phenoxy) is 1. The number of hydrogen-bond donors (Lipinski definition) is 3. The second kappa shape index (κ2) is 10.6. The maximum atomic E-state index is 12.8. The summed E-state index contributed by atoms with van der Waals surface area (Å²) in [6.07, 6.45) is 4.06. The number of anilines is 1. The molecular formula is C22H26Cl2N6O4S. The number of aromatic amines is 1. The molecule has 35 heavy (non-hydrogen) atoms. The maximum absolute atomic E-state index is 12.8. The van der Waals surface area contributed by atoms with Gasteiger partial charge in [0.05, 0.1) is 16.7 Å². The number of methoxy groups -OCH3 is 1. The minimum Gasteiger partial charge on any atom is -0.477 e. The molecule has 10 nitrogen and oxygen atoms in total. The largest absolute Gasteiger partial charge is 0.477 e. The van der Waals surface area contributed by atoms with Gasteiger partial charge in [-0.2, -0.15) is 0 Å². The Balaban J connectivity index is 1.49. The molecule has 4 heterocycles. The van der Waals surface area contributed by atoms with Crippen LogP contribution in [0, 0.1) is 12.8 Å². The van der Waals surface area contributed by atoms with Crippen LogP contribution in [0.5, 0.6) is 0 Å². The first-order valence-electron chi connectivity index (χ1n) is 11.0. The maximum Gasteiger partial charge on any atom is 0.348 e. The standard InChI is InChI=1S/C22H26Cl2N6O4S/c1-11-10-30(6-4-13(11)27-20(31)16-15(24)14(23)12(2)26-16)22-28-17(18(35-22)21(32)33)19-25-5-7-29(19)8-9-34-3/h5,7,11,13,26H,4,6,8-10H2,1-3H3,(H,27,31)(H,32,33). The van der Waals surface area contributed by atoms with E-state index in [1.165, 1.54) is 0 Å². The quantitative estimate of drug-likeness (QED) is 0.395. The van der Waals surface area contributed by atoms with Gasteiger partial charge in [0, 0.05) is 50.9 Å². The Hall–Kier alpha value is -2.60. The predicted molar refractivity (Wildman–Crippen MR) is 135 cm³/mol. The van der Waals surface area contributed by atoms with Gasteiger partial charge < -0.3 is 29.6 Å². The third-order valence-corrected chi connectivity index (χ3v) is 8.10. The van der Waals surface area contributed by atoms with E-state index in [0.29, 0.717) is 60.0 Å². The molecule has 0 radical (unpaired) electrons. The lowest BCUT2D eigenvalue weighted by Gasteiger charge is -2.37. The Kier molecular flexibility index (Phi) is 7.70. The van der Waals surface area contributed by atoms with Crippen molar-refractivity contribution in [3.8, 4) is 11.5 Å². The molecule has 1 aliphatic rings. The summed E-state index contributed by atoms with van der Waals surface area (Å²) < 4.78 is 6.97. The number of carboxylic acids is 1. The topological polar surface area (TPSA) is 125 Å². The minimum absolute atomic E-state index is 0.0801. The number of amides is 1. The number of carboxylic acid groups (broad SMARTS) is 1. The number of carbonyl (C=O) groups is 2. The third-order valence-electron chi connectivity index (χ3n) is 6.05. The molecule has 0 aromatic carbocycles. The Morgan fingerprint density at radius 1 is 1.37 bits per heavy atom. The third kappa shape index (κ3) is 5.18. The fourth-order valence-electron chi connectivity index (χ4n) is 4.14. The molecule has 2 atom stereocenters. The number of aromatic carboxylic acids is 1. The Labute approximate surface area is 216 Å². The van der Waals surface area contributed by atoms with E-state index in [1.807, 2.05) is 11.5 Å².